The molecule has 1 fully saturated rings. The predicted molar refractivity (Wildman–Crippen MR) is 74.9 cm³/mol. The van der Waals surface area contributed by atoms with Crippen LogP contribution in [-0.2, 0) is 21.3 Å². The molecule has 0 aliphatic carbocycles. The van der Waals surface area contributed by atoms with Crippen LogP contribution in [0.1, 0.15) is 30.9 Å². The van der Waals surface area contributed by atoms with E-state index in [0.29, 0.717) is 36.8 Å². The van der Waals surface area contributed by atoms with Crippen LogP contribution in [-0.4, -0.2) is 38.0 Å². The lowest BCUT2D eigenvalue weighted by atomic mass is 10.1. The van der Waals surface area contributed by atoms with Gasteiger partial charge in [-0.2, -0.15) is 4.31 Å². The summed E-state index contributed by atoms with van der Waals surface area (Å²) in [5.74, 6) is 0.961. The van der Waals surface area contributed by atoms with Crippen molar-refractivity contribution in [1.82, 2.24) is 4.31 Å². The smallest absolute Gasteiger partial charge is 0.247 e. The summed E-state index contributed by atoms with van der Waals surface area (Å²) < 4.78 is 38.2. The number of rotatable bonds is 3. The van der Waals surface area contributed by atoms with E-state index in [2.05, 4.69) is 0 Å². The van der Waals surface area contributed by atoms with Crippen LogP contribution in [0.2, 0.25) is 0 Å². The van der Waals surface area contributed by atoms with Crippen LogP contribution in [0.4, 0.5) is 0 Å². The number of morpholine rings is 1. The maximum atomic E-state index is 12.8. The number of nitrogens with two attached hydrogens (primary N) is 1. The molecule has 0 atom stereocenters. The minimum atomic E-state index is -3.61. The molecule has 7 heteroatoms. The van der Waals surface area contributed by atoms with E-state index in [1.54, 1.807) is 13.8 Å². The highest BCUT2D eigenvalue weighted by Crippen LogP contribution is 2.31. The van der Waals surface area contributed by atoms with Gasteiger partial charge < -0.3 is 14.9 Å². The summed E-state index contributed by atoms with van der Waals surface area (Å²) in [4.78, 5) is 0.218. The third-order valence-corrected chi connectivity index (χ3v) is 5.56. The Labute approximate surface area is 119 Å². The minimum absolute atomic E-state index is 0.144. The van der Waals surface area contributed by atoms with Crippen molar-refractivity contribution in [3.63, 3.8) is 0 Å². The van der Waals surface area contributed by atoms with Gasteiger partial charge in [0, 0.05) is 25.2 Å². The first-order valence-corrected chi connectivity index (χ1v) is 8.06. The number of ether oxygens (including phenoxy) is 1. The number of nitrogens with zero attached hydrogens (tertiary/aromatic N) is 1. The number of hydrogen-bond acceptors (Lipinski definition) is 5. The Balaban J connectivity index is 2.45. The molecule has 2 N–H and O–H groups in total. The second-order valence-corrected chi connectivity index (χ2v) is 7.55. The Bertz CT molecular complexity index is 604. The van der Waals surface area contributed by atoms with Gasteiger partial charge in [0.1, 0.15) is 16.4 Å². The molecule has 0 bridgehead atoms. The monoisotopic (exact) mass is 302 g/mol. The molecule has 0 radical (unpaired) electrons. The summed E-state index contributed by atoms with van der Waals surface area (Å²) >= 11 is 0. The normalized spacial score (nSPS) is 20.2. The Morgan fingerprint density at radius 1 is 1.30 bits per heavy atom. The molecule has 1 aromatic rings. The Hall–Kier alpha value is -0.890. The summed E-state index contributed by atoms with van der Waals surface area (Å²) in [7, 11) is -3.61. The highest BCUT2D eigenvalue weighted by atomic mass is 32.2. The maximum absolute atomic E-state index is 12.8. The molecule has 0 spiro atoms. The maximum Gasteiger partial charge on any atom is 0.247 e. The van der Waals surface area contributed by atoms with Gasteiger partial charge in [0.25, 0.3) is 0 Å². The molecule has 0 unspecified atom stereocenters. The van der Waals surface area contributed by atoms with Crippen molar-refractivity contribution in [2.75, 3.05) is 19.7 Å². The quantitative estimate of drug-likeness (QED) is 0.905. The highest BCUT2D eigenvalue weighted by molar-refractivity contribution is 7.89. The molecule has 1 aliphatic rings. The SMILES string of the molecule is Cc1oc(C)c(S(=O)(=O)N2CCOC(C)(C)C2)c1CN. The highest BCUT2D eigenvalue weighted by Gasteiger charge is 2.38. The van der Waals surface area contributed by atoms with Crippen LogP contribution >= 0.6 is 0 Å². The van der Waals surface area contributed by atoms with Gasteiger partial charge >= 0.3 is 0 Å². The van der Waals surface area contributed by atoms with Crippen molar-refractivity contribution >= 4 is 10.0 Å². The fourth-order valence-electron chi connectivity index (χ4n) is 2.59. The van der Waals surface area contributed by atoms with Gasteiger partial charge in [-0.3, -0.25) is 0 Å². The van der Waals surface area contributed by atoms with Crippen molar-refractivity contribution in [1.29, 1.82) is 0 Å². The van der Waals surface area contributed by atoms with Crippen molar-refractivity contribution in [3.8, 4) is 0 Å². The third-order valence-electron chi connectivity index (χ3n) is 3.52. The molecular weight excluding hydrogens is 280 g/mol. The number of furan rings is 1. The van der Waals surface area contributed by atoms with Gasteiger partial charge in [-0.15, -0.1) is 0 Å². The topological polar surface area (TPSA) is 85.8 Å². The van der Waals surface area contributed by atoms with E-state index >= 15 is 0 Å². The van der Waals surface area contributed by atoms with Gasteiger partial charge in [-0.1, -0.05) is 0 Å². The van der Waals surface area contributed by atoms with Gasteiger partial charge in [0.2, 0.25) is 10.0 Å². The van der Waals surface area contributed by atoms with Gasteiger partial charge in [-0.05, 0) is 27.7 Å². The molecular formula is C13H22N2O4S. The van der Waals surface area contributed by atoms with Crippen molar-refractivity contribution in [2.24, 2.45) is 5.73 Å². The van der Waals surface area contributed by atoms with Gasteiger partial charge in [-0.25, -0.2) is 8.42 Å². The lowest BCUT2D eigenvalue weighted by molar-refractivity contribution is -0.0640. The second-order valence-electron chi connectivity index (χ2n) is 5.67. The van der Waals surface area contributed by atoms with E-state index in [0.717, 1.165) is 0 Å². The van der Waals surface area contributed by atoms with Crippen LogP contribution in [0.3, 0.4) is 0 Å². The summed E-state index contributed by atoms with van der Waals surface area (Å²) in [6, 6.07) is 0. The van der Waals surface area contributed by atoms with Crippen molar-refractivity contribution < 1.29 is 17.6 Å². The average Bonchev–Trinajstić information content (AvgIpc) is 2.62. The number of hydrogen-bond donors (Lipinski definition) is 1. The molecule has 1 aromatic heterocycles. The predicted octanol–water partition coefficient (Wildman–Crippen LogP) is 1.15. The van der Waals surface area contributed by atoms with Gasteiger partial charge in [0.05, 0.1) is 12.2 Å². The fraction of sp³-hybridized carbons (Fsp3) is 0.692. The van der Waals surface area contributed by atoms with Gasteiger partial charge in [0.15, 0.2) is 0 Å². The Morgan fingerprint density at radius 3 is 2.50 bits per heavy atom. The molecule has 1 saturated heterocycles. The van der Waals surface area contributed by atoms with E-state index in [1.165, 1.54) is 4.31 Å². The molecule has 0 aromatic carbocycles. The Morgan fingerprint density at radius 2 is 1.95 bits per heavy atom. The summed E-state index contributed by atoms with van der Waals surface area (Å²) in [6.07, 6.45) is 0. The summed E-state index contributed by atoms with van der Waals surface area (Å²) in [5, 5.41) is 0. The standard InChI is InChI=1S/C13H22N2O4S/c1-9-11(7-14)12(10(2)19-9)20(16,17)15-5-6-18-13(3,4)8-15/h5-8,14H2,1-4H3. The zero-order valence-corrected chi connectivity index (χ0v) is 13.2. The molecule has 2 rings (SSSR count). The van der Waals surface area contributed by atoms with Crippen LogP contribution in [0.15, 0.2) is 9.31 Å². The molecule has 0 saturated carbocycles. The van der Waals surface area contributed by atoms with Crippen LogP contribution in [0.5, 0.6) is 0 Å². The van der Waals surface area contributed by atoms with Crippen LogP contribution in [0.25, 0.3) is 0 Å². The average molecular weight is 302 g/mol. The van der Waals surface area contributed by atoms with Crippen molar-refractivity contribution in [2.45, 2.75) is 44.7 Å². The molecule has 2 heterocycles. The first kappa shape index (κ1) is 15.5. The first-order chi connectivity index (χ1) is 9.19. The lowest BCUT2D eigenvalue weighted by Gasteiger charge is -2.37. The molecule has 114 valence electrons. The minimum Gasteiger partial charge on any atom is -0.465 e. The third kappa shape index (κ3) is 2.63. The van der Waals surface area contributed by atoms with Crippen LogP contribution in [0, 0.1) is 13.8 Å². The fourth-order valence-corrected chi connectivity index (χ4v) is 4.59. The van der Waals surface area contributed by atoms with E-state index in [9.17, 15) is 8.42 Å². The Kier molecular flexibility index (Phi) is 3.98. The largest absolute Gasteiger partial charge is 0.465 e. The first-order valence-electron chi connectivity index (χ1n) is 6.62. The number of aryl methyl sites for hydroxylation is 2. The molecule has 20 heavy (non-hydrogen) atoms. The molecule has 0 amide bonds. The number of sulfonamides is 1. The van der Waals surface area contributed by atoms with E-state index < -0.39 is 15.6 Å². The lowest BCUT2D eigenvalue weighted by Crippen LogP contribution is -2.50. The molecule has 1 aliphatic heterocycles. The van der Waals surface area contributed by atoms with E-state index in [1.807, 2.05) is 13.8 Å². The second kappa shape index (κ2) is 5.14. The van der Waals surface area contributed by atoms with Crippen LogP contribution < -0.4 is 5.73 Å². The van der Waals surface area contributed by atoms with E-state index in [4.69, 9.17) is 14.9 Å². The molecule has 6 nitrogen and oxygen atoms in total. The van der Waals surface area contributed by atoms with E-state index in [-0.39, 0.29) is 11.4 Å². The summed E-state index contributed by atoms with van der Waals surface area (Å²) in [5.41, 5.74) is 5.75. The zero-order valence-electron chi connectivity index (χ0n) is 12.4. The summed E-state index contributed by atoms with van der Waals surface area (Å²) in [6.45, 7) is 8.36. The van der Waals surface area contributed by atoms with Crippen molar-refractivity contribution in [3.05, 3.63) is 17.1 Å². The zero-order chi connectivity index (χ0) is 15.1.